The smallest absolute Gasteiger partial charge is 0.238 e. The molecule has 4 unspecified atom stereocenters. The number of ether oxygens (including phenoxy) is 2. The van der Waals surface area contributed by atoms with E-state index in [1.54, 1.807) is 7.11 Å². The van der Waals surface area contributed by atoms with Crippen LogP contribution in [0.5, 0.6) is 0 Å². The number of amides is 1. The number of carbonyl (C=O) groups is 1. The van der Waals surface area contributed by atoms with E-state index in [0.717, 1.165) is 18.4 Å². The molecule has 0 spiro atoms. The summed E-state index contributed by atoms with van der Waals surface area (Å²) in [7, 11) is 1.65. The second kappa shape index (κ2) is 11.7. The number of epoxide rings is 1. The van der Waals surface area contributed by atoms with Crippen molar-refractivity contribution in [1.82, 2.24) is 10.9 Å². The molecule has 1 saturated carbocycles. The molecule has 1 saturated heterocycles. The summed E-state index contributed by atoms with van der Waals surface area (Å²) in [6.45, 7) is 14.3. The maximum absolute atomic E-state index is 12.6. The zero-order chi connectivity index (χ0) is 25.7. The van der Waals surface area contributed by atoms with Gasteiger partial charge in [0.05, 0.1) is 35.1 Å². The number of hydrazine groups is 1. The predicted octanol–water partition coefficient (Wildman–Crippen LogP) is 4.97. The van der Waals surface area contributed by atoms with Gasteiger partial charge in [-0.25, -0.2) is 5.43 Å². The molecule has 2 aliphatic rings. The molecular weight excluding hydrogens is 452 g/mol. The Morgan fingerprint density at radius 2 is 1.79 bits per heavy atom. The molecule has 3 N–H and O–H groups in total. The SMILES string of the molecule is CO[C@@H]1C(NNC(=O)C/C(C)=C/CC=C(C)C)CCC(O)(CCl)[C@@]1(C)C1(C)OC1CC=C(C)C. The van der Waals surface area contributed by atoms with Gasteiger partial charge < -0.3 is 14.6 Å². The molecule has 0 aromatic rings. The van der Waals surface area contributed by atoms with E-state index in [-0.39, 0.29) is 23.9 Å². The Morgan fingerprint density at radius 1 is 1.15 bits per heavy atom. The van der Waals surface area contributed by atoms with Crippen LogP contribution >= 0.6 is 11.6 Å². The van der Waals surface area contributed by atoms with E-state index < -0.39 is 22.7 Å². The van der Waals surface area contributed by atoms with Gasteiger partial charge in [0.2, 0.25) is 5.91 Å². The average molecular weight is 497 g/mol. The summed E-state index contributed by atoms with van der Waals surface area (Å²) in [6.07, 6.45) is 8.94. The van der Waals surface area contributed by atoms with Crippen molar-refractivity contribution >= 4 is 17.5 Å². The first-order valence-corrected chi connectivity index (χ1v) is 12.8. The third-order valence-electron chi connectivity index (χ3n) is 7.79. The Balaban J connectivity index is 2.14. The molecular formula is C27H45ClN2O4. The third-order valence-corrected chi connectivity index (χ3v) is 8.23. The molecule has 34 heavy (non-hydrogen) atoms. The zero-order valence-electron chi connectivity index (χ0n) is 22.3. The molecule has 2 rings (SSSR count). The molecule has 1 aliphatic carbocycles. The maximum atomic E-state index is 12.6. The van der Waals surface area contributed by atoms with Crippen molar-refractivity contribution in [3.63, 3.8) is 0 Å². The van der Waals surface area contributed by atoms with Gasteiger partial charge in [0.1, 0.15) is 5.60 Å². The van der Waals surface area contributed by atoms with Crippen molar-refractivity contribution in [1.29, 1.82) is 0 Å². The van der Waals surface area contributed by atoms with Crippen LogP contribution in [-0.2, 0) is 14.3 Å². The number of nitrogens with one attached hydrogen (secondary N) is 2. The monoisotopic (exact) mass is 496 g/mol. The molecule has 0 radical (unpaired) electrons. The van der Waals surface area contributed by atoms with E-state index in [0.29, 0.717) is 19.3 Å². The first-order chi connectivity index (χ1) is 15.8. The number of hydrogen-bond donors (Lipinski definition) is 3. The van der Waals surface area contributed by atoms with Crippen molar-refractivity contribution in [3.8, 4) is 0 Å². The Bertz CT molecular complexity index is 817. The Kier molecular flexibility index (Phi) is 10.0. The van der Waals surface area contributed by atoms with Crippen molar-refractivity contribution in [2.24, 2.45) is 5.41 Å². The van der Waals surface area contributed by atoms with Crippen LogP contribution in [-0.4, -0.2) is 53.5 Å². The summed E-state index contributed by atoms with van der Waals surface area (Å²) in [5, 5.41) is 11.7. The summed E-state index contributed by atoms with van der Waals surface area (Å²) < 4.78 is 12.2. The van der Waals surface area contributed by atoms with Gasteiger partial charge in [0, 0.05) is 13.5 Å². The van der Waals surface area contributed by atoms with Gasteiger partial charge in [-0.15, -0.1) is 11.6 Å². The fourth-order valence-corrected chi connectivity index (χ4v) is 5.75. The van der Waals surface area contributed by atoms with E-state index in [4.69, 9.17) is 21.1 Å². The van der Waals surface area contributed by atoms with Crippen molar-refractivity contribution in [2.45, 2.75) is 110 Å². The lowest BCUT2D eigenvalue weighted by Crippen LogP contribution is -2.71. The molecule has 0 bridgehead atoms. The highest BCUT2D eigenvalue weighted by molar-refractivity contribution is 6.18. The molecule has 194 valence electrons. The second-order valence-electron chi connectivity index (χ2n) is 10.8. The topological polar surface area (TPSA) is 83.1 Å². The molecule has 6 nitrogen and oxygen atoms in total. The number of methoxy groups -OCH3 is 1. The summed E-state index contributed by atoms with van der Waals surface area (Å²) in [5.41, 5.74) is 7.04. The van der Waals surface area contributed by atoms with Gasteiger partial charge in [0.15, 0.2) is 0 Å². The summed E-state index contributed by atoms with van der Waals surface area (Å²) in [6, 6.07) is -0.192. The lowest BCUT2D eigenvalue weighted by atomic mass is 9.55. The van der Waals surface area contributed by atoms with E-state index >= 15 is 0 Å². The number of alkyl halides is 1. The van der Waals surface area contributed by atoms with Crippen LogP contribution in [0.15, 0.2) is 34.9 Å². The van der Waals surface area contributed by atoms with Crippen LogP contribution in [0.25, 0.3) is 0 Å². The van der Waals surface area contributed by atoms with Crippen molar-refractivity contribution < 1.29 is 19.4 Å². The number of rotatable bonds is 11. The standard InChI is InChI=1S/C27H45ClN2O4/c1-18(2)10-9-11-20(5)16-23(31)30-29-21-14-15-27(32,17-28)25(6,24(21)33-8)26(7)22(34-26)13-12-19(3)4/h10-12,21-22,24,29,32H,9,13-17H2,1-8H3,(H,30,31)/b20-11+/t21?,22?,24-,25-,26?,27?/m1/s1. The lowest BCUT2D eigenvalue weighted by Gasteiger charge is -2.56. The quantitative estimate of drug-likeness (QED) is 0.163. The lowest BCUT2D eigenvalue weighted by molar-refractivity contribution is -0.201. The largest absolute Gasteiger partial charge is 0.388 e. The minimum atomic E-state index is -1.16. The molecule has 0 aromatic carbocycles. The average Bonchev–Trinajstić information content (AvgIpc) is 3.44. The fourth-order valence-electron chi connectivity index (χ4n) is 5.34. The van der Waals surface area contributed by atoms with E-state index in [1.165, 1.54) is 11.1 Å². The highest BCUT2D eigenvalue weighted by atomic mass is 35.5. The molecule has 7 heteroatoms. The van der Waals surface area contributed by atoms with Gasteiger partial charge in [-0.05, 0) is 67.2 Å². The number of hydrogen-bond acceptors (Lipinski definition) is 5. The van der Waals surface area contributed by atoms with E-state index in [1.807, 2.05) is 20.8 Å². The predicted molar refractivity (Wildman–Crippen MR) is 139 cm³/mol. The van der Waals surface area contributed by atoms with Gasteiger partial charge in [0.25, 0.3) is 0 Å². The minimum Gasteiger partial charge on any atom is -0.388 e. The fraction of sp³-hybridized carbons (Fsp3) is 0.741. The van der Waals surface area contributed by atoms with Crippen LogP contribution in [0, 0.1) is 5.41 Å². The summed E-state index contributed by atoms with van der Waals surface area (Å²) >= 11 is 6.36. The first-order valence-electron chi connectivity index (χ1n) is 12.3. The van der Waals surface area contributed by atoms with Crippen LogP contribution in [0.1, 0.15) is 80.6 Å². The molecule has 0 aromatic heterocycles. The van der Waals surface area contributed by atoms with Crippen LogP contribution in [0.2, 0.25) is 0 Å². The van der Waals surface area contributed by atoms with Crippen molar-refractivity contribution in [3.05, 3.63) is 34.9 Å². The Hall–Kier alpha value is -1.18. The third kappa shape index (κ3) is 6.14. The number of halogens is 1. The number of carbonyl (C=O) groups excluding carboxylic acids is 1. The molecule has 1 amide bonds. The minimum absolute atomic E-state index is 0.0262. The van der Waals surface area contributed by atoms with Crippen LogP contribution in [0.4, 0.5) is 0 Å². The van der Waals surface area contributed by atoms with E-state index in [2.05, 4.69) is 56.8 Å². The van der Waals surface area contributed by atoms with Gasteiger partial charge in [-0.3, -0.25) is 10.2 Å². The Morgan fingerprint density at radius 3 is 2.35 bits per heavy atom. The Labute approximate surface area is 211 Å². The highest BCUT2D eigenvalue weighted by Crippen LogP contribution is 2.62. The zero-order valence-corrected chi connectivity index (χ0v) is 23.0. The number of allylic oxidation sites excluding steroid dienone is 4. The maximum Gasteiger partial charge on any atom is 0.238 e. The molecule has 1 heterocycles. The van der Waals surface area contributed by atoms with E-state index in [9.17, 15) is 9.90 Å². The molecule has 6 atom stereocenters. The molecule has 1 aliphatic heterocycles. The highest BCUT2D eigenvalue weighted by Gasteiger charge is 2.74. The molecule has 2 fully saturated rings. The normalized spacial score (nSPS) is 35.5. The van der Waals surface area contributed by atoms with Crippen LogP contribution < -0.4 is 10.9 Å². The van der Waals surface area contributed by atoms with Crippen molar-refractivity contribution in [2.75, 3.05) is 13.0 Å². The van der Waals surface area contributed by atoms with Gasteiger partial charge in [-0.1, -0.05) is 41.9 Å². The van der Waals surface area contributed by atoms with Crippen LogP contribution in [0.3, 0.4) is 0 Å². The van der Waals surface area contributed by atoms with Gasteiger partial charge >= 0.3 is 0 Å². The number of aliphatic hydroxyl groups is 1. The summed E-state index contributed by atoms with van der Waals surface area (Å²) in [5.74, 6) is -0.0112. The first kappa shape index (κ1) is 29.1. The van der Waals surface area contributed by atoms with Gasteiger partial charge in [-0.2, -0.15) is 0 Å². The summed E-state index contributed by atoms with van der Waals surface area (Å²) in [4.78, 5) is 12.6. The second-order valence-corrected chi connectivity index (χ2v) is 11.1.